The molecule has 0 radical (unpaired) electrons. The average molecular weight is 787 g/mol. The molecule has 4 nitrogen and oxygen atoms in total. The molecule has 0 saturated heterocycles. The van der Waals surface area contributed by atoms with Crippen LogP contribution in [0.4, 0.5) is 34.1 Å². The summed E-state index contributed by atoms with van der Waals surface area (Å²) < 4.78 is 0. The SMILES string of the molecule is Cc1ccc(N(c2ccccc2)c2ccc3c(c2)C(C)(C)c2nc4c(cc2-3)C(C)(C)c2cc(-c3ccc5cc(N(c6ccccc6)c6ccccc6)ccc5n3)ccc2-4)cc1. The van der Waals surface area contributed by atoms with E-state index in [2.05, 4.69) is 232 Å². The zero-order valence-corrected chi connectivity index (χ0v) is 35.2. The molecule has 0 aliphatic heterocycles. The Bertz CT molecular complexity index is 3090. The van der Waals surface area contributed by atoms with Gasteiger partial charge in [-0.3, -0.25) is 4.98 Å². The topological polar surface area (TPSA) is 32.3 Å². The summed E-state index contributed by atoms with van der Waals surface area (Å²) in [4.78, 5) is 15.5. The Morgan fingerprint density at radius 1 is 0.393 bits per heavy atom. The second-order valence-electron chi connectivity index (χ2n) is 17.6. The summed E-state index contributed by atoms with van der Waals surface area (Å²) in [7, 11) is 0. The van der Waals surface area contributed by atoms with E-state index < -0.39 is 0 Å². The molecule has 0 unspecified atom stereocenters. The number of aryl methyl sites for hydroxylation is 1. The minimum absolute atomic E-state index is 0.241. The van der Waals surface area contributed by atoms with Crippen LogP contribution < -0.4 is 9.80 Å². The normalized spacial score (nSPS) is 13.9. The Balaban J connectivity index is 0.936. The maximum absolute atomic E-state index is 5.62. The highest BCUT2D eigenvalue weighted by molar-refractivity contribution is 5.91. The van der Waals surface area contributed by atoms with Gasteiger partial charge in [-0.15, -0.1) is 0 Å². The quantitative estimate of drug-likeness (QED) is 0.161. The van der Waals surface area contributed by atoms with Crippen molar-refractivity contribution in [2.24, 2.45) is 0 Å². The van der Waals surface area contributed by atoms with E-state index in [4.69, 9.17) is 9.97 Å². The lowest BCUT2D eigenvalue weighted by molar-refractivity contribution is 0.631. The molecule has 61 heavy (non-hydrogen) atoms. The van der Waals surface area contributed by atoms with Crippen molar-refractivity contribution in [3.05, 3.63) is 216 Å². The predicted octanol–water partition coefficient (Wildman–Crippen LogP) is 15.2. The maximum Gasteiger partial charge on any atom is 0.0750 e. The summed E-state index contributed by atoms with van der Waals surface area (Å²) in [5.41, 5.74) is 20.3. The van der Waals surface area contributed by atoms with Crippen LogP contribution in [0.15, 0.2) is 188 Å². The van der Waals surface area contributed by atoms with Crippen LogP contribution in [0.5, 0.6) is 0 Å². The first-order chi connectivity index (χ1) is 29.6. The lowest BCUT2D eigenvalue weighted by Crippen LogP contribution is -2.19. The Hall–Kier alpha value is -7.30. The van der Waals surface area contributed by atoms with Crippen LogP contribution >= 0.6 is 0 Å². The van der Waals surface area contributed by atoms with Crippen molar-refractivity contribution < 1.29 is 0 Å². The molecule has 9 aromatic rings. The van der Waals surface area contributed by atoms with Crippen LogP contribution in [-0.2, 0) is 10.8 Å². The van der Waals surface area contributed by atoms with Gasteiger partial charge in [-0.1, -0.05) is 124 Å². The minimum atomic E-state index is -0.285. The summed E-state index contributed by atoms with van der Waals surface area (Å²) in [6.45, 7) is 11.5. The number of benzene rings is 7. The summed E-state index contributed by atoms with van der Waals surface area (Å²) in [5, 5.41) is 1.10. The van der Waals surface area contributed by atoms with Crippen molar-refractivity contribution in [2.75, 3.05) is 9.80 Å². The fourth-order valence-electron chi connectivity index (χ4n) is 9.73. The number of aromatic nitrogens is 2. The molecule has 0 amide bonds. The Morgan fingerprint density at radius 3 is 1.57 bits per heavy atom. The van der Waals surface area contributed by atoms with Gasteiger partial charge >= 0.3 is 0 Å². The molecule has 0 spiro atoms. The van der Waals surface area contributed by atoms with Crippen molar-refractivity contribution in [1.29, 1.82) is 0 Å². The van der Waals surface area contributed by atoms with Crippen LogP contribution in [0.3, 0.4) is 0 Å². The van der Waals surface area contributed by atoms with E-state index in [9.17, 15) is 0 Å². The molecule has 2 aliphatic rings. The number of anilines is 6. The molecule has 0 N–H and O–H groups in total. The van der Waals surface area contributed by atoms with Gasteiger partial charge in [-0.05, 0) is 126 Å². The second kappa shape index (κ2) is 13.9. The van der Waals surface area contributed by atoms with Gasteiger partial charge in [0.25, 0.3) is 0 Å². The van der Waals surface area contributed by atoms with Crippen LogP contribution in [0.25, 0.3) is 44.5 Å². The number of hydrogen-bond acceptors (Lipinski definition) is 4. The van der Waals surface area contributed by atoms with Gasteiger partial charge in [-0.2, -0.15) is 0 Å². The molecular formula is C57H46N4. The summed E-state index contributed by atoms with van der Waals surface area (Å²) in [5.74, 6) is 0. The molecule has 0 atom stereocenters. The minimum Gasteiger partial charge on any atom is -0.310 e. The number of hydrogen-bond donors (Lipinski definition) is 0. The Morgan fingerprint density at radius 2 is 0.934 bits per heavy atom. The first-order valence-corrected chi connectivity index (χ1v) is 21.2. The fourth-order valence-corrected chi connectivity index (χ4v) is 9.73. The first kappa shape index (κ1) is 36.8. The number of fused-ring (bicyclic) bond motifs is 7. The van der Waals surface area contributed by atoms with Crippen molar-refractivity contribution >= 4 is 45.0 Å². The largest absolute Gasteiger partial charge is 0.310 e. The van der Waals surface area contributed by atoms with Gasteiger partial charge < -0.3 is 9.80 Å². The molecule has 2 aliphatic carbocycles. The summed E-state index contributed by atoms with van der Waals surface area (Å²) in [6, 6.07) is 67.7. The molecule has 2 heterocycles. The van der Waals surface area contributed by atoms with Crippen molar-refractivity contribution in [3.8, 4) is 33.6 Å². The highest BCUT2D eigenvalue weighted by Gasteiger charge is 2.43. The molecule has 0 fully saturated rings. The molecule has 11 rings (SSSR count). The zero-order chi connectivity index (χ0) is 41.5. The highest BCUT2D eigenvalue weighted by atomic mass is 15.1. The van der Waals surface area contributed by atoms with Gasteiger partial charge in [0.2, 0.25) is 0 Å². The third-order valence-corrected chi connectivity index (χ3v) is 13.0. The Kier molecular flexibility index (Phi) is 8.37. The van der Waals surface area contributed by atoms with E-state index >= 15 is 0 Å². The van der Waals surface area contributed by atoms with E-state index in [1.807, 2.05) is 0 Å². The third-order valence-electron chi connectivity index (χ3n) is 13.0. The van der Waals surface area contributed by atoms with Crippen molar-refractivity contribution in [1.82, 2.24) is 9.97 Å². The predicted molar refractivity (Wildman–Crippen MR) is 254 cm³/mol. The van der Waals surface area contributed by atoms with Crippen molar-refractivity contribution in [2.45, 2.75) is 45.4 Å². The zero-order valence-electron chi connectivity index (χ0n) is 35.2. The van der Waals surface area contributed by atoms with E-state index in [0.29, 0.717) is 0 Å². The molecule has 0 bridgehead atoms. The smallest absolute Gasteiger partial charge is 0.0750 e. The van der Waals surface area contributed by atoms with Gasteiger partial charge in [-0.25, -0.2) is 4.98 Å². The van der Waals surface area contributed by atoms with Gasteiger partial charge in [0, 0.05) is 67.0 Å². The monoisotopic (exact) mass is 786 g/mol. The lowest BCUT2D eigenvalue weighted by Gasteiger charge is -2.28. The Labute approximate surface area is 358 Å². The van der Waals surface area contributed by atoms with Gasteiger partial charge in [0.15, 0.2) is 0 Å². The number of rotatable bonds is 7. The van der Waals surface area contributed by atoms with Gasteiger partial charge in [0.05, 0.1) is 22.6 Å². The van der Waals surface area contributed by atoms with Crippen LogP contribution in [0.2, 0.25) is 0 Å². The first-order valence-electron chi connectivity index (χ1n) is 21.2. The summed E-state index contributed by atoms with van der Waals surface area (Å²) >= 11 is 0. The second-order valence-corrected chi connectivity index (χ2v) is 17.6. The van der Waals surface area contributed by atoms with E-state index in [1.165, 1.54) is 38.9 Å². The van der Waals surface area contributed by atoms with Gasteiger partial charge in [0.1, 0.15) is 0 Å². The lowest BCUT2D eigenvalue weighted by atomic mass is 9.81. The fraction of sp³-hybridized carbons (Fsp3) is 0.123. The molecular weight excluding hydrogens is 741 g/mol. The van der Waals surface area contributed by atoms with Crippen LogP contribution in [-0.4, -0.2) is 9.97 Å². The van der Waals surface area contributed by atoms with E-state index in [0.717, 1.165) is 67.7 Å². The molecule has 7 aromatic carbocycles. The molecule has 294 valence electrons. The highest BCUT2D eigenvalue weighted by Crippen LogP contribution is 2.56. The third kappa shape index (κ3) is 5.96. The number of pyridine rings is 2. The molecule has 0 saturated carbocycles. The van der Waals surface area contributed by atoms with E-state index in [1.54, 1.807) is 0 Å². The van der Waals surface area contributed by atoms with Crippen LogP contribution in [0.1, 0.15) is 55.6 Å². The van der Waals surface area contributed by atoms with Crippen LogP contribution in [0, 0.1) is 6.92 Å². The number of nitrogens with zero attached hydrogens (tertiary/aromatic N) is 4. The molecule has 2 aromatic heterocycles. The standard InChI is InChI=1S/C57H46N4/c1-37-21-25-43(26-22-37)61(42-19-13-8-14-20-42)45-27-30-46-48-36-51-54(59-55(48)57(4,5)50(46)35-45)47-29-23-39(34-49(47)56(51,2)3)52-31-24-38-33-44(28-32-53(38)58-52)60(40-15-9-6-10-16-40)41-17-11-7-12-18-41/h6-36H,1-5H3. The van der Waals surface area contributed by atoms with E-state index in [-0.39, 0.29) is 10.8 Å². The number of para-hydroxylation sites is 3. The molecule has 4 heteroatoms. The maximum atomic E-state index is 5.62. The average Bonchev–Trinajstić information content (AvgIpc) is 3.65. The summed E-state index contributed by atoms with van der Waals surface area (Å²) in [6.07, 6.45) is 0. The van der Waals surface area contributed by atoms with Crippen molar-refractivity contribution in [3.63, 3.8) is 0 Å².